The van der Waals surface area contributed by atoms with Gasteiger partial charge in [-0.25, -0.2) is 4.98 Å². The van der Waals surface area contributed by atoms with Crippen molar-refractivity contribution in [2.45, 2.75) is 51.6 Å². The lowest BCUT2D eigenvalue weighted by molar-refractivity contribution is -0.182. The molecule has 0 saturated heterocycles. The number of nitrogens with zero attached hydrogens (tertiary/aromatic N) is 3. The number of rotatable bonds is 2. The Balaban J connectivity index is 2.03. The van der Waals surface area contributed by atoms with Crippen LogP contribution in [0.4, 0.5) is 13.2 Å². The second-order valence-corrected chi connectivity index (χ2v) is 7.07. The topological polar surface area (TPSA) is 58.7 Å². The van der Waals surface area contributed by atoms with Crippen molar-refractivity contribution in [3.05, 3.63) is 57.3 Å². The summed E-state index contributed by atoms with van der Waals surface area (Å²) in [7, 11) is 0. The van der Waals surface area contributed by atoms with Crippen molar-refractivity contribution >= 4 is 0 Å². The minimum absolute atomic E-state index is 0.0460. The smallest absolute Gasteiger partial charge is 0.269 e. The molecule has 1 aliphatic carbocycles. The molecular weight excluding hydrogens is 355 g/mol. The van der Waals surface area contributed by atoms with Gasteiger partial charge in [-0.2, -0.15) is 18.4 Å². The van der Waals surface area contributed by atoms with Gasteiger partial charge in [0.05, 0.1) is 23.2 Å². The maximum atomic E-state index is 13.0. The first-order valence-corrected chi connectivity index (χ1v) is 8.89. The molecule has 0 N–H and O–H groups in total. The maximum Gasteiger partial charge on any atom is 0.391 e. The van der Waals surface area contributed by atoms with Crippen LogP contribution in [0.15, 0.2) is 29.1 Å². The summed E-state index contributed by atoms with van der Waals surface area (Å²) in [5.74, 6) is -0.977. The van der Waals surface area contributed by atoms with Gasteiger partial charge in [-0.15, -0.1) is 0 Å². The molecule has 0 bridgehead atoms. The SMILES string of the molecule is Cc1nc(C2CCC(C(F)(F)F)CC2)n(-c2ccc(C#N)cc2)c(=O)c1C. The molecule has 0 atom stereocenters. The molecule has 0 unspecified atom stereocenters. The first-order valence-electron chi connectivity index (χ1n) is 8.89. The molecule has 1 saturated carbocycles. The van der Waals surface area contributed by atoms with E-state index in [-0.39, 0.29) is 24.3 Å². The monoisotopic (exact) mass is 375 g/mol. The molecule has 3 rings (SSSR count). The highest BCUT2D eigenvalue weighted by Crippen LogP contribution is 2.42. The van der Waals surface area contributed by atoms with Gasteiger partial charge < -0.3 is 0 Å². The summed E-state index contributed by atoms with van der Waals surface area (Å²) in [6, 6.07) is 8.59. The average Bonchev–Trinajstić information content (AvgIpc) is 2.65. The minimum atomic E-state index is -4.17. The molecule has 0 aliphatic heterocycles. The highest BCUT2D eigenvalue weighted by molar-refractivity contribution is 5.41. The van der Waals surface area contributed by atoms with Gasteiger partial charge in [-0.1, -0.05) is 0 Å². The van der Waals surface area contributed by atoms with E-state index in [2.05, 4.69) is 4.98 Å². The maximum absolute atomic E-state index is 13.0. The first-order chi connectivity index (χ1) is 12.7. The number of halogens is 3. The van der Waals surface area contributed by atoms with E-state index in [1.54, 1.807) is 38.1 Å². The van der Waals surface area contributed by atoms with Crippen molar-refractivity contribution in [1.29, 1.82) is 5.26 Å². The van der Waals surface area contributed by atoms with Crippen molar-refractivity contribution in [3.63, 3.8) is 0 Å². The normalized spacial score (nSPS) is 20.3. The van der Waals surface area contributed by atoms with Crippen molar-refractivity contribution in [2.24, 2.45) is 5.92 Å². The van der Waals surface area contributed by atoms with Crippen molar-refractivity contribution in [2.75, 3.05) is 0 Å². The average molecular weight is 375 g/mol. The van der Waals surface area contributed by atoms with Gasteiger partial charge >= 0.3 is 6.18 Å². The Morgan fingerprint density at radius 2 is 1.70 bits per heavy atom. The summed E-state index contributed by atoms with van der Waals surface area (Å²) in [6.07, 6.45) is -3.39. The molecular formula is C20H20F3N3O. The lowest BCUT2D eigenvalue weighted by Crippen LogP contribution is -2.32. The van der Waals surface area contributed by atoms with Crippen LogP contribution in [0.2, 0.25) is 0 Å². The predicted molar refractivity (Wildman–Crippen MR) is 94.8 cm³/mol. The lowest BCUT2D eigenvalue weighted by atomic mass is 9.81. The largest absolute Gasteiger partial charge is 0.391 e. The summed E-state index contributed by atoms with van der Waals surface area (Å²) >= 11 is 0. The molecule has 2 aromatic rings. The van der Waals surface area contributed by atoms with Gasteiger partial charge in [0.1, 0.15) is 5.82 Å². The van der Waals surface area contributed by atoms with E-state index in [1.807, 2.05) is 6.07 Å². The van der Waals surface area contributed by atoms with Crippen LogP contribution in [0.1, 0.15) is 54.2 Å². The Hall–Kier alpha value is -2.62. The van der Waals surface area contributed by atoms with Crippen LogP contribution in [0.5, 0.6) is 0 Å². The van der Waals surface area contributed by atoms with E-state index in [9.17, 15) is 18.0 Å². The Morgan fingerprint density at radius 1 is 1.11 bits per heavy atom. The zero-order valence-electron chi connectivity index (χ0n) is 15.2. The molecule has 1 aliphatic rings. The van der Waals surface area contributed by atoms with Crippen LogP contribution in [-0.2, 0) is 0 Å². The Bertz CT molecular complexity index is 931. The standard InChI is InChI=1S/C20H20F3N3O/c1-12-13(2)25-18(15-5-7-16(8-6-15)20(21,22)23)26(19(12)27)17-9-3-14(11-24)4-10-17/h3-4,9-10,15-16H,5-8H2,1-2H3. The minimum Gasteiger partial charge on any atom is -0.269 e. The van der Waals surface area contributed by atoms with Crippen LogP contribution in [0, 0.1) is 31.1 Å². The second-order valence-electron chi connectivity index (χ2n) is 7.07. The third-order valence-electron chi connectivity index (χ3n) is 5.39. The van der Waals surface area contributed by atoms with E-state index in [0.717, 1.165) is 0 Å². The molecule has 0 amide bonds. The van der Waals surface area contributed by atoms with Crippen LogP contribution in [0.3, 0.4) is 0 Å². The summed E-state index contributed by atoms with van der Waals surface area (Å²) in [5, 5.41) is 8.96. The van der Waals surface area contributed by atoms with Crippen molar-refractivity contribution in [1.82, 2.24) is 9.55 Å². The summed E-state index contributed by atoms with van der Waals surface area (Å²) in [4.78, 5) is 17.5. The fourth-order valence-corrected chi connectivity index (χ4v) is 3.62. The van der Waals surface area contributed by atoms with E-state index in [4.69, 9.17) is 5.26 Å². The van der Waals surface area contributed by atoms with E-state index in [0.29, 0.717) is 41.2 Å². The zero-order valence-corrected chi connectivity index (χ0v) is 15.2. The van der Waals surface area contributed by atoms with Gasteiger partial charge in [0.15, 0.2) is 0 Å². The molecule has 1 aromatic heterocycles. The molecule has 4 nitrogen and oxygen atoms in total. The molecule has 1 heterocycles. The fourth-order valence-electron chi connectivity index (χ4n) is 3.62. The van der Waals surface area contributed by atoms with Crippen LogP contribution >= 0.6 is 0 Å². The van der Waals surface area contributed by atoms with Crippen LogP contribution in [-0.4, -0.2) is 15.7 Å². The zero-order chi connectivity index (χ0) is 19.8. The van der Waals surface area contributed by atoms with Gasteiger partial charge in [0, 0.05) is 17.2 Å². The van der Waals surface area contributed by atoms with E-state index < -0.39 is 12.1 Å². The number of hydrogen-bond donors (Lipinski definition) is 0. The molecule has 1 aromatic carbocycles. The van der Waals surface area contributed by atoms with Crippen molar-refractivity contribution in [3.8, 4) is 11.8 Å². The van der Waals surface area contributed by atoms with E-state index >= 15 is 0 Å². The second kappa shape index (κ2) is 7.18. The van der Waals surface area contributed by atoms with Gasteiger partial charge in [-0.3, -0.25) is 9.36 Å². The summed E-state index contributed by atoms with van der Waals surface area (Å²) in [5.41, 5.74) is 1.92. The molecule has 27 heavy (non-hydrogen) atoms. The van der Waals surface area contributed by atoms with Gasteiger partial charge in [-0.05, 0) is 63.8 Å². The first kappa shape index (κ1) is 19.2. The Kier molecular flexibility index (Phi) is 5.09. The number of aryl methyl sites for hydroxylation is 1. The Morgan fingerprint density at radius 3 is 2.22 bits per heavy atom. The van der Waals surface area contributed by atoms with Crippen LogP contribution < -0.4 is 5.56 Å². The lowest BCUT2D eigenvalue weighted by Gasteiger charge is -2.31. The van der Waals surface area contributed by atoms with Gasteiger partial charge in [0.25, 0.3) is 5.56 Å². The quantitative estimate of drug-likeness (QED) is 0.773. The summed E-state index contributed by atoms with van der Waals surface area (Å²) < 4.78 is 40.4. The van der Waals surface area contributed by atoms with Crippen LogP contribution in [0.25, 0.3) is 5.69 Å². The number of alkyl halides is 3. The molecule has 142 valence electrons. The fraction of sp³-hybridized carbons (Fsp3) is 0.450. The molecule has 7 heteroatoms. The third-order valence-corrected chi connectivity index (χ3v) is 5.39. The van der Waals surface area contributed by atoms with Gasteiger partial charge in [0.2, 0.25) is 0 Å². The number of benzene rings is 1. The van der Waals surface area contributed by atoms with E-state index in [1.165, 1.54) is 4.57 Å². The predicted octanol–water partition coefficient (Wildman–Crippen LogP) is 4.56. The highest BCUT2D eigenvalue weighted by atomic mass is 19.4. The number of aromatic nitrogens is 2. The highest BCUT2D eigenvalue weighted by Gasteiger charge is 2.42. The number of hydrogen-bond acceptors (Lipinski definition) is 3. The number of nitriles is 1. The molecule has 0 spiro atoms. The Labute approximate surface area is 155 Å². The van der Waals surface area contributed by atoms with Crippen molar-refractivity contribution < 1.29 is 13.2 Å². The summed E-state index contributed by atoms with van der Waals surface area (Å²) in [6.45, 7) is 3.43. The third kappa shape index (κ3) is 3.75. The molecule has 0 radical (unpaired) electrons. The molecule has 1 fully saturated rings.